The van der Waals surface area contributed by atoms with Gasteiger partial charge in [0, 0.05) is 19.1 Å². The van der Waals surface area contributed by atoms with Crippen LogP contribution in [-0.4, -0.2) is 37.1 Å². The molecule has 1 aliphatic heterocycles. The molecule has 2 heteroatoms. The molecule has 1 saturated carbocycles. The van der Waals surface area contributed by atoms with E-state index in [1.165, 1.54) is 70.3 Å². The van der Waals surface area contributed by atoms with Crippen LogP contribution in [0.2, 0.25) is 0 Å². The fourth-order valence-electron chi connectivity index (χ4n) is 3.57. The molecule has 2 aliphatic rings. The van der Waals surface area contributed by atoms with E-state index in [9.17, 15) is 0 Å². The molecule has 1 aromatic rings. The fourth-order valence-corrected chi connectivity index (χ4v) is 3.57. The first-order valence-corrected chi connectivity index (χ1v) is 8.42. The average molecular weight is 272 g/mol. The van der Waals surface area contributed by atoms with Crippen LogP contribution >= 0.6 is 0 Å². The molecule has 110 valence electrons. The Morgan fingerprint density at radius 3 is 2.35 bits per heavy atom. The Hall–Kier alpha value is -0.860. The minimum Gasteiger partial charge on any atom is -0.313 e. The van der Waals surface area contributed by atoms with E-state index in [0.29, 0.717) is 0 Å². The number of nitrogens with zero attached hydrogens (tertiary/aromatic N) is 1. The minimum absolute atomic E-state index is 0.757. The van der Waals surface area contributed by atoms with Gasteiger partial charge < -0.3 is 10.2 Å². The van der Waals surface area contributed by atoms with E-state index in [2.05, 4.69) is 40.5 Å². The standard InChI is InChI=1S/C18H28N2/c1-2-7-12-20(11-6-1)13-10-19-18-14-17(15-18)16-8-4-3-5-9-16/h3-5,8-9,17-19H,1-2,6-7,10-15H2. The first-order chi connectivity index (χ1) is 9.92. The maximum absolute atomic E-state index is 3.74. The minimum atomic E-state index is 0.757. The van der Waals surface area contributed by atoms with Crippen molar-refractivity contribution in [3.05, 3.63) is 35.9 Å². The first kappa shape index (κ1) is 14.1. The Bertz CT molecular complexity index is 376. The second-order valence-corrected chi connectivity index (χ2v) is 6.49. The molecule has 2 fully saturated rings. The quantitative estimate of drug-likeness (QED) is 0.884. The highest BCUT2D eigenvalue weighted by molar-refractivity contribution is 5.22. The lowest BCUT2D eigenvalue weighted by Crippen LogP contribution is -2.43. The van der Waals surface area contributed by atoms with Crippen molar-refractivity contribution < 1.29 is 0 Å². The van der Waals surface area contributed by atoms with Crippen molar-refractivity contribution in [1.82, 2.24) is 10.2 Å². The van der Waals surface area contributed by atoms with Gasteiger partial charge >= 0.3 is 0 Å². The van der Waals surface area contributed by atoms with E-state index in [4.69, 9.17) is 0 Å². The monoisotopic (exact) mass is 272 g/mol. The van der Waals surface area contributed by atoms with Crippen molar-refractivity contribution in [1.29, 1.82) is 0 Å². The van der Waals surface area contributed by atoms with Gasteiger partial charge in [-0.05, 0) is 50.3 Å². The van der Waals surface area contributed by atoms with Crippen molar-refractivity contribution in [3.8, 4) is 0 Å². The summed E-state index contributed by atoms with van der Waals surface area (Å²) >= 11 is 0. The molecule has 0 amide bonds. The predicted molar refractivity (Wildman–Crippen MR) is 85.1 cm³/mol. The van der Waals surface area contributed by atoms with Crippen molar-refractivity contribution in [2.75, 3.05) is 26.2 Å². The number of likely N-dealkylation sites (tertiary alicyclic amines) is 1. The van der Waals surface area contributed by atoms with Crippen LogP contribution in [0.4, 0.5) is 0 Å². The number of hydrogen-bond acceptors (Lipinski definition) is 2. The Balaban J connectivity index is 1.31. The van der Waals surface area contributed by atoms with Gasteiger partial charge in [0.2, 0.25) is 0 Å². The third kappa shape index (κ3) is 3.83. The smallest absolute Gasteiger partial charge is 0.0107 e. The lowest BCUT2D eigenvalue weighted by Gasteiger charge is -2.37. The molecule has 0 atom stereocenters. The van der Waals surface area contributed by atoms with Crippen LogP contribution in [0.1, 0.15) is 50.0 Å². The Kier molecular flexibility index (Phi) is 5.10. The predicted octanol–water partition coefficient (Wildman–Crippen LogP) is 3.40. The van der Waals surface area contributed by atoms with Crippen molar-refractivity contribution in [2.24, 2.45) is 0 Å². The third-order valence-corrected chi connectivity index (χ3v) is 4.97. The van der Waals surface area contributed by atoms with Gasteiger partial charge in [0.25, 0.3) is 0 Å². The second-order valence-electron chi connectivity index (χ2n) is 6.49. The van der Waals surface area contributed by atoms with Gasteiger partial charge in [-0.1, -0.05) is 43.2 Å². The lowest BCUT2D eigenvalue weighted by molar-refractivity contribution is 0.248. The first-order valence-electron chi connectivity index (χ1n) is 8.42. The molecule has 1 saturated heterocycles. The van der Waals surface area contributed by atoms with Crippen LogP contribution in [-0.2, 0) is 0 Å². The van der Waals surface area contributed by atoms with E-state index >= 15 is 0 Å². The van der Waals surface area contributed by atoms with E-state index in [0.717, 1.165) is 12.0 Å². The SMILES string of the molecule is c1ccc(C2CC(NCCN3CCCCCC3)C2)cc1. The summed E-state index contributed by atoms with van der Waals surface area (Å²) in [5.41, 5.74) is 1.53. The number of benzene rings is 1. The topological polar surface area (TPSA) is 15.3 Å². The number of hydrogen-bond donors (Lipinski definition) is 1. The summed E-state index contributed by atoms with van der Waals surface area (Å²) in [6.07, 6.45) is 8.32. The summed E-state index contributed by atoms with van der Waals surface area (Å²) < 4.78 is 0. The third-order valence-electron chi connectivity index (χ3n) is 4.97. The molecule has 1 aromatic carbocycles. The number of rotatable bonds is 5. The van der Waals surface area contributed by atoms with Gasteiger partial charge in [-0.25, -0.2) is 0 Å². The van der Waals surface area contributed by atoms with Crippen molar-refractivity contribution >= 4 is 0 Å². The maximum Gasteiger partial charge on any atom is 0.0107 e. The van der Waals surface area contributed by atoms with E-state index < -0.39 is 0 Å². The van der Waals surface area contributed by atoms with Gasteiger partial charge in [-0.3, -0.25) is 0 Å². The molecule has 1 heterocycles. The van der Waals surface area contributed by atoms with Crippen LogP contribution in [0.5, 0.6) is 0 Å². The largest absolute Gasteiger partial charge is 0.313 e. The highest BCUT2D eigenvalue weighted by Crippen LogP contribution is 2.36. The summed E-state index contributed by atoms with van der Waals surface area (Å²) in [4.78, 5) is 2.65. The van der Waals surface area contributed by atoms with Crippen LogP contribution in [0.15, 0.2) is 30.3 Å². The summed E-state index contributed by atoms with van der Waals surface area (Å²) in [6.45, 7) is 5.05. The zero-order valence-electron chi connectivity index (χ0n) is 12.6. The molecule has 0 aromatic heterocycles. The lowest BCUT2D eigenvalue weighted by atomic mass is 9.76. The zero-order valence-corrected chi connectivity index (χ0v) is 12.6. The number of nitrogens with one attached hydrogen (secondary N) is 1. The highest BCUT2D eigenvalue weighted by atomic mass is 15.1. The molecule has 0 spiro atoms. The Morgan fingerprint density at radius 2 is 1.65 bits per heavy atom. The fraction of sp³-hybridized carbons (Fsp3) is 0.667. The zero-order chi connectivity index (χ0) is 13.6. The van der Waals surface area contributed by atoms with Gasteiger partial charge in [0.05, 0.1) is 0 Å². The van der Waals surface area contributed by atoms with E-state index in [-0.39, 0.29) is 0 Å². The van der Waals surface area contributed by atoms with Crippen LogP contribution in [0.3, 0.4) is 0 Å². The van der Waals surface area contributed by atoms with Gasteiger partial charge in [-0.15, -0.1) is 0 Å². The van der Waals surface area contributed by atoms with Crippen molar-refractivity contribution in [3.63, 3.8) is 0 Å². The summed E-state index contributed by atoms with van der Waals surface area (Å²) in [5.74, 6) is 0.798. The molecule has 0 unspecified atom stereocenters. The van der Waals surface area contributed by atoms with Crippen LogP contribution in [0, 0.1) is 0 Å². The van der Waals surface area contributed by atoms with Gasteiger partial charge in [0.15, 0.2) is 0 Å². The van der Waals surface area contributed by atoms with Crippen molar-refractivity contribution in [2.45, 2.75) is 50.5 Å². The highest BCUT2D eigenvalue weighted by Gasteiger charge is 2.29. The van der Waals surface area contributed by atoms with E-state index in [1.807, 2.05) is 0 Å². The molecule has 20 heavy (non-hydrogen) atoms. The average Bonchev–Trinajstić information content (AvgIpc) is 2.71. The summed E-state index contributed by atoms with van der Waals surface area (Å²) in [7, 11) is 0. The normalized spacial score (nSPS) is 27.8. The summed E-state index contributed by atoms with van der Waals surface area (Å²) in [5, 5.41) is 3.74. The second kappa shape index (κ2) is 7.24. The molecule has 1 aliphatic carbocycles. The molecule has 0 bridgehead atoms. The van der Waals surface area contributed by atoms with Crippen LogP contribution < -0.4 is 5.32 Å². The molecule has 2 nitrogen and oxygen atoms in total. The molecular weight excluding hydrogens is 244 g/mol. The van der Waals surface area contributed by atoms with Crippen LogP contribution in [0.25, 0.3) is 0 Å². The maximum atomic E-state index is 3.74. The summed E-state index contributed by atoms with van der Waals surface area (Å²) in [6, 6.07) is 11.7. The molecule has 1 N–H and O–H groups in total. The Labute approximate surface area is 123 Å². The molecule has 3 rings (SSSR count). The van der Waals surface area contributed by atoms with Gasteiger partial charge in [0.1, 0.15) is 0 Å². The molecule has 0 radical (unpaired) electrons. The van der Waals surface area contributed by atoms with Gasteiger partial charge in [-0.2, -0.15) is 0 Å². The van der Waals surface area contributed by atoms with E-state index in [1.54, 1.807) is 0 Å². The Morgan fingerprint density at radius 1 is 0.950 bits per heavy atom. The molecular formula is C18H28N2.